The van der Waals surface area contributed by atoms with Crippen LogP contribution in [0.5, 0.6) is 0 Å². The van der Waals surface area contributed by atoms with E-state index in [-0.39, 0.29) is 18.7 Å². The van der Waals surface area contributed by atoms with Gasteiger partial charge in [-0.2, -0.15) is 13.2 Å². The molecule has 0 saturated carbocycles. The highest BCUT2D eigenvalue weighted by Crippen LogP contribution is 2.38. The van der Waals surface area contributed by atoms with E-state index in [1.54, 1.807) is 6.92 Å². The van der Waals surface area contributed by atoms with Gasteiger partial charge in [-0.15, -0.1) is 0 Å². The number of carbonyl (C=O) groups excluding carboxylic acids is 1. The summed E-state index contributed by atoms with van der Waals surface area (Å²) in [5, 5.41) is 9.35. The van der Waals surface area contributed by atoms with Crippen LogP contribution in [0.2, 0.25) is 0 Å². The van der Waals surface area contributed by atoms with Crippen LogP contribution in [0.3, 0.4) is 0 Å². The number of aliphatic hydroxyl groups is 1. The molecule has 1 aliphatic heterocycles. The van der Waals surface area contributed by atoms with Crippen LogP contribution in [0.4, 0.5) is 13.2 Å². The van der Waals surface area contributed by atoms with Gasteiger partial charge < -0.3 is 5.11 Å². The van der Waals surface area contributed by atoms with Gasteiger partial charge in [0.05, 0.1) is 6.04 Å². The van der Waals surface area contributed by atoms with Gasteiger partial charge in [-0.25, -0.2) is 0 Å². The number of nitrogens with zero attached hydrogens (tertiary/aromatic N) is 1. The summed E-state index contributed by atoms with van der Waals surface area (Å²) in [6.07, 6.45) is -4.99. The third-order valence-electron chi connectivity index (χ3n) is 2.94. The number of hydrogen-bond donors (Lipinski definition) is 1. The Hall–Kier alpha value is -0.620. The Kier molecular flexibility index (Phi) is 3.11. The van der Waals surface area contributed by atoms with E-state index >= 15 is 0 Å². The van der Waals surface area contributed by atoms with Gasteiger partial charge in [0.15, 0.2) is 5.60 Å². The lowest BCUT2D eigenvalue weighted by Crippen LogP contribution is -2.49. The maximum Gasteiger partial charge on any atom is 0.418 e. The Balaban J connectivity index is 2.71. The van der Waals surface area contributed by atoms with Gasteiger partial charge in [-0.1, -0.05) is 0 Å². The van der Waals surface area contributed by atoms with Crippen LogP contribution in [0.1, 0.15) is 20.3 Å². The Labute approximate surface area is 85.9 Å². The smallest absolute Gasteiger partial charge is 0.379 e. The highest BCUT2D eigenvalue weighted by molar-refractivity contribution is 5.81. The molecule has 3 nitrogen and oxygen atoms in total. The molecule has 6 heteroatoms. The summed E-state index contributed by atoms with van der Waals surface area (Å²) < 4.78 is 37.3. The van der Waals surface area contributed by atoms with Crippen molar-refractivity contribution in [2.75, 3.05) is 13.1 Å². The van der Waals surface area contributed by atoms with Gasteiger partial charge in [0.2, 0.25) is 0 Å². The van der Waals surface area contributed by atoms with Crippen molar-refractivity contribution in [3.8, 4) is 0 Å². The average molecular weight is 225 g/mol. The molecule has 0 amide bonds. The Morgan fingerprint density at radius 2 is 2.07 bits per heavy atom. The minimum Gasteiger partial charge on any atom is -0.379 e. The van der Waals surface area contributed by atoms with Crippen LogP contribution in [-0.2, 0) is 4.79 Å². The molecule has 1 saturated heterocycles. The zero-order valence-electron chi connectivity index (χ0n) is 8.64. The second-order valence-corrected chi connectivity index (χ2v) is 4.04. The largest absolute Gasteiger partial charge is 0.418 e. The first-order chi connectivity index (χ1) is 6.67. The summed E-state index contributed by atoms with van der Waals surface area (Å²) in [5.74, 6) is -0.193. The summed E-state index contributed by atoms with van der Waals surface area (Å²) in [6, 6.07) is -0.568. The molecular formula is C9H14F3NO2. The fourth-order valence-electron chi connectivity index (χ4n) is 1.64. The molecule has 0 aromatic heterocycles. The molecule has 0 bridgehead atoms. The zero-order chi connectivity index (χ0) is 11.9. The highest BCUT2D eigenvalue weighted by Gasteiger charge is 2.57. The van der Waals surface area contributed by atoms with E-state index in [0.717, 1.165) is 0 Å². The van der Waals surface area contributed by atoms with Crippen LogP contribution in [0.25, 0.3) is 0 Å². The Bertz CT molecular complexity index is 267. The molecule has 1 heterocycles. The first-order valence-electron chi connectivity index (χ1n) is 4.71. The average Bonchev–Trinajstić information content (AvgIpc) is 2.46. The van der Waals surface area contributed by atoms with Gasteiger partial charge in [0.25, 0.3) is 0 Å². The molecule has 1 aliphatic rings. The molecule has 0 aliphatic carbocycles. The van der Waals surface area contributed by atoms with Crippen LogP contribution >= 0.6 is 0 Å². The van der Waals surface area contributed by atoms with Crippen molar-refractivity contribution >= 4 is 5.78 Å². The van der Waals surface area contributed by atoms with Gasteiger partial charge in [0.1, 0.15) is 5.78 Å². The second kappa shape index (κ2) is 3.75. The van der Waals surface area contributed by atoms with E-state index in [4.69, 9.17) is 0 Å². The predicted octanol–water partition coefficient (Wildman–Crippen LogP) is 0.963. The van der Waals surface area contributed by atoms with Crippen LogP contribution in [0, 0.1) is 0 Å². The molecule has 1 fully saturated rings. The SMILES string of the molecule is CC(=O)C(C)N1CCC(O)(C(F)(F)F)C1. The van der Waals surface area contributed by atoms with E-state index in [2.05, 4.69) is 0 Å². The quantitative estimate of drug-likeness (QED) is 0.761. The number of alkyl halides is 3. The highest BCUT2D eigenvalue weighted by atomic mass is 19.4. The standard InChI is InChI=1S/C9H14F3NO2/c1-6(7(2)14)13-4-3-8(15,5-13)9(10,11)12/h6,15H,3-5H2,1-2H3. The minimum atomic E-state index is -4.63. The fraction of sp³-hybridized carbons (Fsp3) is 0.889. The topological polar surface area (TPSA) is 40.5 Å². The second-order valence-electron chi connectivity index (χ2n) is 4.04. The summed E-state index contributed by atoms with van der Waals surface area (Å²) in [7, 11) is 0. The van der Waals surface area contributed by atoms with Crippen molar-refractivity contribution < 1.29 is 23.1 Å². The van der Waals surface area contributed by atoms with E-state index in [1.807, 2.05) is 0 Å². The van der Waals surface area contributed by atoms with Gasteiger partial charge in [-0.05, 0) is 20.3 Å². The molecular weight excluding hydrogens is 211 g/mol. The Morgan fingerprint density at radius 1 is 1.53 bits per heavy atom. The summed E-state index contributed by atoms with van der Waals surface area (Å²) in [5.41, 5.74) is -2.66. The van der Waals surface area contributed by atoms with Gasteiger partial charge in [-0.3, -0.25) is 9.69 Å². The van der Waals surface area contributed by atoms with E-state index in [1.165, 1.54) is 11.8 Å². The first kappa shape index (κ1) is 12.4. The minimum absolute atomic E-state index is 0.0940. The normalized spacial score (nSPS) is 30.5. The van der Waals surface area contributed by atoms with Crippen LogP contribution in [0.15, 0.2) is 0 Å². The molecule has 1 rings (SSSR count). The van der Waals surface area contributed by atoms with Crippen LogP contribution in [-0.4, -0.2) is 46.7 Å². The number of hydrogen-bond acceptors (Lipinski definition) is 3. The monoisotopic (exact) mass is 225 g/mol. The van der Waals surface area contributed by atoms with Crippen LogP contribution < -0.4 is 0 Å². The van der Waals surface area contributed by atoms with Crippen molar-refractivity contribution in [2.24, 2.45) is 0 Å². The van der Waals surface area contributed by atoms with Crippen molar-refractivity contribution in [3.05, 3.63) is 0 Å². The molecule has 88 valence electrons. The van der Waals surface area contributed by atoms with Crippen molar-refractivity contribution in [3.63, 3.8) is 0 Å². The summed E-state index contributed by atoms with van der Waals surface area (Å²) in [4.78, 5) is 12.3. The Morgan fingerprint density at radius 3 is 2.40 bits per heavy atom. The lowest BCUT2D eigenvalue weighted by Gasteiger charge is -2.27. The molecule has 0 aromatic rings. The fourth-order valence-corrected chi connectivity index (χ4v) is 1.64. The summed E-state index contributed by atoms with van der Waals surface area (Å²) in [6.45, 7) is 2.45. The molecule has 0 spiro atoms. The predicted molar refractivity (Wildman–Crippen MR) is 47.3 cm³/mol. The number of Topliss-reactive ketones (excluding diaryl/α,β-unsaturated/α-hetero) is 1. The lowest BCUT2D eigenvalue weighted by molar-refractivity contribution is -0.254. The van der Waals surface area contributed by atoms with Gasteiger partial charge >= 0.3 is 6.18 Å². The molecule has 15 heavy (non-hydrogen) atoms. The molecule has 1 N–H and O–H groups in total. The lowest BCUT2D eigenvalue weighted by atomic mass is 10.0. The van der Waals surface area contributed by atoms with Crippen molar-refractivity contribution in [1.82, 2.24) is 4.90 Å². The first-order valence-corrected chi connectivity index (χ1v) is 4.71. The number of β-amino-alcohol motifs (C(OH)–C–C–N with tert-alkyl or cyclic N) is 1. The maximum absolute atomic E-state index is 12.4. The summed E-state index contributed by atoms with van der Waals surface area (Å²) >= 11 is 0. The molecule has 2 atom stereocenters. The van der Waals surface area contributed by atoms with E-state index < -0.39 is 24.4 Å². The van der Waals surface area contributed by atoms with Gasteiger partial charge in [0, 0.05) is 13.1 Å². The van der Waals surface area contributed by atoms with Crippen molar-refractivity contribution in [2.45, 2.75) is 38.1 Å². The van der Waals surface area contributed by atoms with E-state index in [0.29, 0.717) is 0 Å². The maximum atomic E-state index is 12.4. The number of halogens is 3. The zero-order valence-corrected chi connectivity index (χ0v) is 8.64. The number of rotatable bonds is 2. The molecule has 0 aromatic carbocycles. The third-order valence-corrected chi connectivity index (χ3v) is 2.94. The number of likely N-dealkylation sites (tertiary alicyclic amines) is 1. The number of carbonyl (C=O) groups is 1. The number of ketones is 1. The third kappa shape index (κ3) is 2.31. The van der Waals surface area contributed by atoms with E-state index in [9.17, 15) is 23.1 Å². The molecule has 2 unspecified atom stereocenters. The van der Waals surface area contributed by atoms with Crippen molar-refractivity contribution in [1.29, 1.82) is 0 Å². The molecule has 0 radical (unpaired) electrons.